The summed E-state index contributed by atoms with van der Waals surface area (Å²) in [5, 5.41) is 0. The average molecular weight is 268 g/mol. The van der Waals surface area contributed by atoms with Gasteiger partial charge in [-0.1, -0.05) is 12.1 Å². The van der Waals surface area contributed by atoms with Gasteiger partial charge in [0.1, 0.15) is 0 Å². The summed E-state index contributed by atoms with van der Waals surface area (Å²) in [6.45, 7) is 2.39. The van der Waals surface area contributed by atoms with Gasteiger partial charge < -0.3 is 10.3 Å². The van der Waals surface area contributed by atoms with Crippen molar-refractivity contribution in [3.05, 3.63) is 59.4 Å². The van der Waals surface area contributed by atoms with Gasteiger partial charge in [-0.3, -0.25) is 0 Å². The van der Waals surface area contributed by atoms with Gasteiger partial charge in [0.05, 0.1) is 5.56 Å². The summed E-state index contributed by atoms with van der Waals surface area (Å²) in [6, 6.07) is 8.87. The first-order valence-electron chi connectivity index (χ1n) is 5.94. The Kier molecular flexibility index (Phi) is 3.66. The van der Waals surface area contributed by atoms with Gasteiger partial charge in [0, 0.05) is 24.5 Å². The smallest absolute Gasteiger partial charge is 0.346 e. The summed E-state index contributed by atoms with van der Waals surface area (Å²) in [5.41, 5.74) is 6.97. The molecule has 0 bridgehead atoms. The summed E-state index contributed by atoms with van der Waals surface area (Å²) >= 11 is 0. The molecule has 2 aromatic rings. The van der Waals surface area contributed by atoms with Crippen molar-refractivity contribution in [1.82, 2.24) is 4.57 Å². The number of benzene rings is 1. The van der Waals surface area contributed by atoms with Crippen LogP contribution in [0.1, 0.15) is 29.8 Å². The van der Waals surface area contributed by atoms with Crippen LogP contribution in [0, 0.1) is 0 Å². The van der Waals surface area contributed by atoms with E-state index in [0.29, 0.717) is 6.54 Å². The quantitative estimate of drug-likeness (QED) is 0.906. The third kappa shape index (κ3) is 3.17. The first-order valence-corrected chi connectivity index (χ1v) is 5.94. The number of hydrogen-bond donors (Lipinski definition) is 1. The van der Waals surface area contributed by atoms with Crippen LogP contribution in [0.4, 0.5) is 13.2 Å². The summed E-state index contributed by atoms with van der Waals surface area (Å²) in [5.74, 6) is 0. The van der Waals surface area contributed by atoms with E-state index in [1.165, 1.54) is 12.1 Å². The van der Waals surface area contributed by atoms with Gasteiger partial charge in [-0.15, -0.1) is 0 Å². The van der Waals surface area contributed by atoms with Gasteiger partial charge in [-0.25, -0.2) is 0 Å². The highest BCUT2D eigenvalue weighted by molar-refractivity contribution is 5.25. The summed E-state index contributed by atoms with van der Waals surface area (Å²) in [4.78, 5) is 0. The first-order chi connectivity index (χ1) is 8.88. The van der Waals surface area contributed by atoms with Gasteiger partial charge >= 0.3 is 6.18 Å². The van der Waals surface area contributed by atoms with Crippen LogP contribution in [0.3, 0.4) is 0 Å². The van der Waals surface area contributed by atoms with Crippen LogP contribution >= 0.6 is 0 Å². The van der Waals surface area contributed by atoms with Crippen molar-refractivity contribution in [3.63, 3.8) is 0 Å². The molecule has 102 valence electrons. The highest BCUT2D eigenvalue weighted by atomic mass is 19.4. The fourth-order valence-corrected chi connectivity index (χ4v) is 1.98. The molecule has 0 radical (unpaired) electrons. The lowest BCUT2D eigenvalue weighted by molar-refractivity contribution is -0.137. The minimum absolute atomic E-state index is 0.107. The molecule has 1 unspecified atom stereocenters. The number of nitrogens with zero attached hydrogens (tertiary/aromatic N) is 1. The lowest BCUT2D eigenvalue weighted by atomic mass is 10.1. The van der Waals surface area contributed by atoms with E-state index in [0.717, 1.165) is 23.4 Å². The standard InChI is InChI=1S/C14H15F3N2/c1-10(18)13-3-2-8-19(13)9-11-4-6-12(7-5-11)14(15,16)17/h2-8,10H,9,18H2,1H3. The Labute approximate surface area is 109 Å². The molecule has 5 heteroatoms. The van der Waals surface area contributed by atoms with Crippen molar-refractivity contribution < 1.29 is 13.2 Å². The van der Waals surface area contributed by atoms with Crippen LogP contribution in [0.5, 0.6) is 0 Å². The number of rotatable bonds is 3. The van der Waals surface area contributed by atoms with Crippen LogP contribution in [-0.2, 0) is 12.7 Å². The number of nitrogens with two attached hydrogens (primary N) is 1. The number of hydrogen-bond acceptors (Lipinski definition) is 1. The molecule has 2 N–H and O–H groups in total. The van der Waals surface area contributed by atoms with Gasteiger partial charge in [0.2, 0.25) is 0 Å². The highest BCUT2D eigenvalue weighted by Gasteiger charge is 2.29. The molecule has 0 aliphatic rings. The molecule has 0 saturated carbocycles. The molecule has 19 heavy (non-hydrogen) atoms. The Morgan fingerprint density at radius 2 is 1.79 bits per heavy atom. The zero-order chi connectivity index (χ0) is 14.0. The number of halogens is 3. The maximum Gasteiger partial charge on any atom is 0.416 e. The fourth-order valence-electron chi connectivity index (χ4n) is 1.98. The molecule has 1 aromatic carbocycles. The maximum absolute atomic E-state index is 12.4. The van der Waals surface area contributed by atoms with Crippen molar-refractivity contribution in [2.45, 2.75) is 25.7 Å². The van der Waals surface area contributed by atoms with Gasteiger partial charge in [0.25, 0.3) is 0 Å². The molecule has 2 rings (SSSR count). The van der Waals surface area contributed by atoms with Crippen LogP contribution in [0.25, 0.3) is 0 Å². The molecule has 1 atom stereocenters. The summed E-state index contributed by atoms with van der Waals surface area (Å²) in [7, 11) is 0. The normalized spacial score (nSPS) is 13.5. The number of aromatic nitrogens is 1. The van der Waals surface area contributed by atoms with Crippen molar-refractivity contribution in [1.29, 1.82) is 0 Å². The molecule has 0 aliphatic heterocycles. The first kappa shape index (κ1) is 13.7. The number of alkyl halides is 3. The van der Waals surface area contributed by atoms with Gasteiger partial charge in [-0.05, 0) is 36.8 Å². The third-order valence-corrected chi connectivity index (χ3v) is 2.97. The van der Waals surface area contributed by atoms with E-state index in [1.807, 2.05) is 29.8 Å². The lowest BCUT2D eigenvalue weighted by Crippen LogP contribution is -2.12. The zero-order valence-electron chi connectivity index (χ0n) is 10.5. The Bertz CT molecular complexity index is 539. The molecule has 0 aliphatic carbocycles. The lowest BCUT2D eigenvalue weighted by Gasteiger charge is -2.13. The average Bonchev–Trinajstić information content (AvgIpc) is 2.77. The highest BCUT2D eigenvalue weighted by Crippen LogP contribution is 2.29. The van der Waals surface area contributed by atoms with Crippen LogP contribution in [0.15, 0.2) is 42.6 Å². The Morgan fingerprint density at radius 3 is 2.32 bits per heavy atom. The molecular weight excluding hydrogens is 253 g/mol. The molecule has 0 spiro atoms. The Balaban J connectivity index is 2.18. The van der Waals surface area contributed by atoms with Crippen LogP contribution in [0.2, 0.25) is 0 Å². The van der Waals surface area contributed by atoms with E-state index < -0.39 is 11.7 Å². The van der Waals surface area contributed by atoms with E-state index in [1.54, 1.807) is 0 Å². The van der Waals surface area contributed by atoms with Gasteiger partial charge in [0.15, 0.2) is 0 Å². The Morgan fingerprint density at radius 1 is 1.16 bits per heavy atom. The van der Waals surface area contributed by atoms with Crippen molar-refractivity contribution in [2.75, 3.05) is 0 Å². The minimum Gasteiger partial charge on any atom is -0.346 e. The predicted octanol–water partition coefficient (Wildman–Crippen LogP) is 3.57. The Hall–Kier alpha value is -1.75. The van der Waals surface area contributed by atoms with E-state index in [2.05, 4.69) is 0 Å². The molecule has 0 fully saturated rings. The van der Waals surface area contributed by atoms with E-state index in [-0.39, 0.29) is 6.04 Å². The molecule has 2 nitrogen and oxygen atoms in total. The predicted molar refractivity (Wildman–Crippen MR) is 67.6 cm³/mol. The maximum atomic E-state index is 12.4. The fraction of sp³-hybridized carbons (Fsp3) is 0.286. The zero-order valence-corrected chi connectivity index (χ0v) is 10.5. The minimum atomic E-state index is -4.29. The van der Waals surface area contributed by atoms with Crippen LogP contribution < -0.4 is 5.73 Å². The van der Waals surface area contributed by atoms with E-state index in [9.17, 15) is 13.2 Å². The van der Waals surface area contributed by atoms with E-state index >= 15 is 0 Å². The molecule has 0 amide bonds. The van der Waals surface area contributed by atoms with Crippen molar-refractivity contribution >= 4 is 0 Å². The van der Waals surface area contributed by atoms with Crippen LogP contribution in [-0.4, -0.2) is 4.57 Å². The van der Waals surface area contributed by atoms with Crippen molar-refractivity contribution in [2.24, 2.45) is 5.73 Å². The summed E-state index contributed by atoms with van der Waals surface area (Å²) < 4.78 is 39.3. The second-order valence-corrected chi connectivity index (χ2v) is 4.54. The summed E-state index contributed by atoms with van der Waals surface area (Å²) in [6.07, 6.45) is -2.42. The van der Waals surface area contributed by atoms with E-state index in [4.69, 9.17) is 5.73 Å². The SMILES string of the molecule is CC(N)c1cccn1Cc1ccc(C(F)(F)F)cc1. The molecule has 1 aromatic heterocycles. The van der Waals surface area contributed by atoms with Crippen molar-refractivity contribution in [3.8, 4) is 0 Å². The monoisotopic (exact) mass is 268 g/mol. The third-order valence-electron chi connectivity index (χ3n) is 2.97. The second kappa shape index (κ2) is 5.09. The molecule has 1 heterocycles. The largest absolute Gasteiger partial charge is 0.416 e. The molecular formula is C14H15F3N2. The second-order valence-electron chi connectivity index (χ2n) is 4.54. The van der Waals surface area contributed by atoms with Gasteiger partial charge in [-0.2, -0.15) is 13.2 Å². The molecule has 0 saturated heterocycles. The topological polar surface area (TPSA) is 30.9 Å².